The monoisotopic (exact) mass is 285 g/mol. The number of hydrogen-bond acceptors (Lipinski definition) is 2. The lowest BCUT2D eigenvalue weighted by Crippen LogP contribution is -2.07. The summed E-state index contributed by atoms with van der Waals surface area (Å²) in [5.41, 5.74) is 3.58. The first kappa shape index (κ1) is 15.1. The zero-order valence-electron chi connectivity index (χ0n) is 12.9. The highest BCUT2D eigenvalue weighted by molar-refractivity contribution is 7.84. The fourth-order valence-corrected chi connectivity index (χ4v) is 2.39. The van der Waals surface area contributed by atoms with E-state index in [-0.39, 0.29) is 10.8 Å². The van der Waals surface area contributed by atoms with E-state index in [1.54, 1.807) is 0 Å². The average molecular weight is 285 g/mol. The maximum atomic E-state index is 4.57. The van der Waals surface area contributed by atoms with Crippen LogP contribution in [0.5, 0.6) is 0 Å². The van der Waals surface area contributed by atoms with Gasteiger partial charge in [0.2, 0.25) is 0 Å². The second-order valence-corrected chi connectivity index (χ2v) is 7.16. The molecule has 0 aromatic rings. The van der Waals surface area contributed by atoms with E-state index < -0.39 is 0 Å². The van der Waals surface area contributed by atoms with Crippen molar-refractivity contribution in [1.29, 1.82) is 0 Å². The highest BCUT2D eigenvalue weighted by Gasteiger charge is 2.18. The van der Waals surface area contributed by atoms with Crippen LogP contribution in [0.2, 0.25) is 0 Å². The van der Waals surface area contributed by atoms with E-state index in [9.17, 15) is 0 Å². The Balaban J connectivity index is 2.51. The molecular formula is C18H23NS. The predicted molar refractivity (Wildman–Crippen MR) is 92.2 cm³/mol. The van der Waals surface area contributed by atoms with E-state index in [4.69, 9.17) is 0 Å². The number of hydrogen-bond donors (Lipinski definition) is 1. The Hall–Kier alpha value is -1.28. The predicted octanol–water partition coefficient (Wildman–Crippen LogP) is 5.26. The molecule has 20 heavy (non-hydrogen) atoms. The van der Waals surface area contributed by atoms with Crippen molar-refractivity contribution in [3.05, 3.63) is 58.2 Å². The molecule has 2 rings (SSSR count). The topological polar surface area (TPSA) is 12.4 Å². The molecule has 0 bridgehead atoms. The molecule has 0 atom stereocenters. The lowest BCUT2D eigenvalue weighted by Gasteiger charge is -2.12. The van der Waals surface area contributed by atoms with Gasteiger partial charge in [0.15, 0.2) is 0 Å². The third-order valence-electron chi connectivity index (χ3n) is 3.60. The minimum atomic E-state index is -0.0340. The first-order valence-electron chi connectivity index (χ1n) is 6.98. The van der Waals surface area contributed by atoms with Gasteiger partial charge in [0.05, 0.1) is 0 Å². The van der Waals surface area contributed by atoms with Gasteiger partial charge >= 0.3 is 0 Å². The average Bonchev–Trinajstić information content (AvgIpc) is 2.56. The van der Waals surface area contributed by atoms with Gasteiger partial charge in [-0.25, -0.2) is 0 Å². The molecule has 0 radical (unpaired) electrons. The summed E-state index contributed by atoms with van der Waals surface area (Å²) in [7, 11) is 0. The van der Waals surface area contributed by atoms with Gasteiger partial charge in [0.1, 0.15) is 5.03 Å². The number of aliphatic imine (C=N–C) groups is 1. The van der Waals surface area contributed by atoms with Crippen LogP contribution in [0.3, 0.4) is 0 Å². The summed E-state index contributed by atoms with van der Waals surface area (Å²) < 4.78 is 0. The molecule has 0 aromatic carbocycles. The van der Waals surface area contributed by atoms with Gasteiger partial charge in [0, 0.05) is 22.6 Å². The normalized spacial score (nSPS) is 24.1. The molecule has 1 aliphatic carbocycles. The fraction of sp³-hybridized carbons (Fsp3) is 0.389. The van der Waals surface area contributed by atoms with E-state index in [0.717, 1.165) is 10.6 Å². The molecule has 0 amide bonds. The molecule has 1 aliphatic heterocycles. The molecule has 106 valence electrons. The Bertz CT molecular complexity index is 539. The van der Waals surface area contributed by atoms with E-state index in [0.29, 0.717) is 0 Å². The zero-order valence-corrected chi connectivity index (χ0v) is 13.8. The molecule has 1 nitrogen and oxygen atoms in total. The number of allylic oxidation sites excluding steroid dienone is 9. The summed E-state index contributed by atoms with van der Waals surface area (Å²) in [4.78, 5) is 4.50. The van der Waals surface area contributed by atoms with Gasteiger partial charge in [-0.15, -0.1) is 12.6 Å². The lowest BCUT2D eigenvalue weighted by molar-refractivity contribution is 0.626. The van der Waals surface area contributed by atoms with Crippen LogP contribution in [0.1, 0.15) is 34.6 Å². The van der Waals surface area contributed by atoms with E-state index in [2.05, 4.69) is 88.7 Å². The maximum Gasteiger partial charge on any atom is 0.100 e. The van der Waals surface area contributed by atoms with Gasteiger partial charge in [-0.3, -0.25) is 4.99 Å². The largest absolute Gasteiger partial charge is 0.253 e. The zero-order chi connectivity index (χ0) is 15.0. The summed E-state index contributed by atoms with van der Waals surface area (Å²) in [6, 6.07) is 0. The first-order valence-corrected chi connectivity index (χ1v) is 7.42. The summed E-state index contributed by atoms with van der Waals surface area (Å²) in [5.74, 6) is 0. The van der Waals surface area contributed by atoms with Crippen molar-refractivity contribution in [2.75, 3.05) is 0 Å². The molecular weight excluding hydrogens is 262 g/mol. The molecule has 0 N–H and O–H groups in total. The van der Waals surface area contributed by atoms with Gasteiger partial charge in [-0.1, -0.05) is 64.2 Å². The van der Waals surface area contributed by atoms with Crippen LogP contribution in [-0.4, -0.2) is 6.21 Å². The molecule has 2 aliphatic rings. The Morgan fingerprint density at radius 2 is 1.40 bits per heavy atom. The van der Waals surface area contributed by atoms with Gasteiger partial charge < -0.3 is 0 Å². The molecule has 0 saturated carbocycles. The van der Waals surface area contributed by atoms with Gasteiger partial charge in [-0.2, -0.15) is 0 Å². The second-order valence-electron chi connectivity index (χ2n) is 6.73. The summed E-state index contributed by atoms with van der Waals surface area (Å²) in [6.07, 6.45) is 15.1. The van der Waals surface area contributed by atoms with Crippen LogP contribution in [0.4, 0.5) is 0 Å². The van der Waals surface area contributed by atoms with Crippen molar-refractivity contribution in [2.45, 2.75) is 34.6 Å². The molecule has 0 spiro atoms. The van der Waals surface area contributed by atoms with Gasteiger partial charge in [0.25, 0.3) is 0 Å². The number of nitrogens with zero attached hydrogens (tertiary/aromatic N) is 1. The van der Waals surface area contributed by atoms with E-state index in [1.807, 2.05) is 6.21 Å². The van der Waals surface area contributed by atoms with Gasteiger partial charge in [-0.05, 0) is 18.1 Å². The van der Waals surface area contributed by atoms with E-state index in [1.165, 1.54) is 11.1 Å². The van der Waals surface area contributed by atoms with Crippen LogP contribution in [0.25, 0.3) is 0 Å². The summed E-state index contributed by atoms with van der Waals surface area (Å²) in [5, 5.41) is 0.777. The first-order chi connectivity index (χ1) is 9.20. The van der Waals surface area contributed by atoms with Crippen molar-refractivity contribution >= 4 is 18.8 Å². The third kappa shape index (κ3) is 3.43. The smallest absolute Gasteiger partial charge is 0.100 e. The molecule has 0 saturated heterocycles. The van der Waals surface area contributed by atoms with E-state index >= 15 is 0 Å². The highest BCUT2D eigenvalue weighted by atomic mass is 32.1. The van der Waals surface area contributed by atoms with Crippen molar-refractivity contribution in [1.82, 2.24) is 0 Å². The van der Waals surface area contributed by atoms with Crippen molar-refractivity contribution in [2.24, 2.45) is 15.8 Å². The minimum Gasteiger partial charge on any atom is -0.253 e. The van der Waals surface area contributed by atoms with Crippen LogP contribution >= 0.6 is 12.6 Å². The molecule has 2 heteroatoms. The van der Waals surface area contributed by atoms with Crippen molar-refractivity contribution in [3.63, 3.8) is 0 Å². The molecule has 0 fully saturated rings. The van der Waals surface area contributed by atoms with Crippen LogP contribution < -0.4 is 0 Å². The van der Waals surface area contributed by atoms with Crippen LogP contribution in [0, 0.1) is 10.8 Å². The third-order valence-corrected chi connectivity index (χ3v) is 3.95. The maximum absolute atomic E-state index is 4.57. The molecule has 1 heterocycles. The molecule has 0 aromatic heterocycles. The Kier molecular flexibility index (Phi) is 3.97. The van der Waals surface area contributed by atoms with Crippen LogP contribution in [0.15, 0.2) is 63.2 Å². The number of thiol groups is 1. The quantitative estimate of drug-likeness (QED) is 0.631. The second kappa shape index (κ2) is 5.25. The Labute approximate surface area is 128 Å². The fourth-order valence-electron chi connectivity index (χ4n) is 2.14. The Morgan fingerprint density at radius 3 is 2.10 bits per heavy atom. The summed E-state index contributed by atoms with van der Waals surface area (Å²) in [6.45, 7) is 10.8. The SMILES string of the molecule is CC1=C(C2=C(S)N=CC(C)(C)C=C2)C=CC(C)(C)C=C1. The molecule has 0 unspecified atom stereocenters. The minimum absolute atomic E-state index is 0.0340. The lowest BCUT2D eigenvalue weighted by atomic mass is 9.92. The van der Waals surface area contributed by atoms with Crippen molar-refractivity contribution in [3.8, 4) is 0 Å². The van der Waals surface area contributed by atoms with Crippen molar-refractivity contribution < 1.29 is 0 Å². The summed E-state index contributed by atoms with van der Waals surface area (Å²) >= 11 is 4.57. The number of rotatable bonds is 1. The standard InChI is InChI=1S/C18H23NS/c1-13-6-9-17(2,3)10-7-14(13)15-8-11-18(4,5)12-19-16(15)20/h6-12,20H,1-5H3. The van der Waals surface area contributed by atoms with Crippen LogP contribution in [-0.2, 0) is 0 Å². The highest BCUT2D eigenvalue weighted by Crippen LogP contribution is 2.33. The Morgan fingerprint density at radius 1 is 0.850 bits per heavy atom.